The van der Waals surface area contributed by atoms with Crippen LogP contribution in [-0.2, 0) is 14.3 Å². The Hall–Kier alpha value is -0.393. The third-order valence-electron chi connectivity index (χ3n) is 2.40. The van der Waals surface area contributed by atoms with Gasteiger partial charge in [0.05, 0.1) is 29.7 Å². The third-order valence-corrected chi connectivity index (χ3v) is 3.39. The zero-order chi connectivity index (χ0) is 12.3. The largest absolute Gasteiger partial charge is 0.468 e. The quantitative estimate of drug-likeness (QED) is 0.504. The Morgan fingerprint density at radius 3 is 2.07 bits per heavy atom. The Kier molecular flexibility index (Phi) is 4.96. The molecule has 0 N–H and O–H groups in total. The molecule has 0 aliphatic heterocycles. The van der Waals surface area contributed by atoms with Crippen LogP contribution in [0, 0.1) is 0 Å². The Bertz CT molecular complexity index is 225. The van der Waals surface area contributed by atoms with Crippen molar-refractivity contribution in [3.05, 3.63) is 0 Å². The maximum absolute atomic E-state index is 11.7. The molecule has 0 aromatic heterocycles. The highest BCUT2D eigenvalue weighted by Gasteiger charge is 2.38. The first-order valence-electron chi connectivity index (χ1n) is 5.03. The summed E-state index contributed by atoms with van der Waals surface area (Å²) in [5.74, 6) is -0.246. The molecule has 0 aliphatic rings. The van der Waals surface area contributed by atoms with E-state index in [1.807, 2.05) is 39.3 Å². The zero-order valence-corrected chi connectivity index (χ0v) is 12.9. The summed E-state index contributed by atoms with van der Waals surface area (Å²) in [7, 11) is 4.09. The molecule has 0 aromatic rings. The predicted molar refractivity (Wildman–Crippen MR) is 63.8 cm³/mol. The number of ether oxygens (including phenoxy) is 2. The number of esters is 1. The van der Waals surface area contributed by atoms with Gasteiger partial charge in [0, 0.05) is 0 Å². The van der Waals surface area contributed by atoms with Gasteiger partial charge >= 0.3 is 5.97 Å². The zero-order valence-electron chi connectivity index (χ0n) is 10.9. The van der Waals surface area contributed by atoms with Gasteiger partial charge in [-0.25, -0.2) is 4.79 Å². The van der Waals surface area contributed by atoms with Crippen LogP contribution in [0.5, 0.6) is 0 Å². The highest BCUT2D eigenvalue weighted by atomic mass is 28.2. The fourth-order valence-corrected chi connectivity index (χ4v) is 1.26. The van der Waals surface area contributed by atoms with Gasteiger partial charge in [-0.3, -0.25) is 0 Å². The maximum Gasteiger partial charge on any atom is 0.327 e. The van der Waals surface area contributed by atoms with Crippen molar-refractivity contribution in [3.63, 3.8) is 0 Å². The van der Waals surface area contributed by atoms with Gasteiger partial charge in [-0.2, -0.15) is 0 Å². The van der Waals surface area contributed by atoms with Crippen LogP contribution < -0.4 is 0 Å². The summed E-state index contributed by atoms with van der Waals surface area (Å²) in [6, 6.07) is 0. The minimum absolute atomic E-state index is 0.243. The Labute approximate surface area is 95.4 Å². The molecule has 4 nitrogen and oxygen atoms in total. The lowest BCUT2D eigenvalue weighted by molar-refractivity contribution is -0.157. The van der Waals surface area contributed by atoms with Crippen LogP contribution in [0.2, 0.25) is 0 Å². The lowest BCUT2D eigenvalue weighted by Crippen LogP contribution is -2.54. The van der Waals surface area contributed by atoms with Crippen LogP contribution in [0.25, 0.3) is 0 Å². The van der Waals surface area contributed by atoms with Gasteiger partial charge in [0.25, 0.3) is 0 Å². The van der Waals surface area contributed by atoms with Crippen molar-refractivity contribution in [2.75, 3.05) is 20.8 Å². The molecule has 90 valence electrons. The van der Waals surface area contributed by atoms with Crippen molar-refractivity contribution >= 4 is 16.4 Å². The van der Waals surface area contributed by atoms with Gasteiger partial charge < -0.3 is 14.0 Å². The average Bonchev–Trinajstić information content (AvgIpc) is 2.11. The summed E-state index contributed by atoms with van der Waals surface area (Å²) in [6.45, 7) is 8.11. The van der Waals surface area contributed by atoms with E-state index in [0.717, 1.165) is 10.4 Å². The van der Waals surface area contributed by atoms with Gasteiger partial charge in [0.2, 0.25) is 0 Å². The minimum atomic E-state index is -0.672. The second kappa shape index (κ2) is 5.09. The molecule has 5 heteroatoms. The summed E-state index contributed by atoms with van der Waals surface area (Å²) in [4.78, 5) is 11.7. The fraction of sp³-hybridized carbons (Fsp3) is 0.900. The van der Waals surface area contributed by atoms with E-state index in [2.05, 4.69) is 0 Å². The van der Waals surface area contributed by atoms with Gasteiger partial charge in [-0.05, 0) is 34.7 Å². The molecule has 0 unspecified atom stereocenters. The molecule has 0 spiro atoms. The van der Waals surface area contributed by atoms with Gasteiger partial charge in [0.15, 0.2) is 0 Å². The second-order valence-corrected chi connectivity index (χ2v) is 6.40. The van der Waals surface area contributed by atoms with Crippen LogP contribution in [-0.4, -0.2) is 52.8 Å². The Morgan fingerprint density at radius 1 is 1.33 bits per heavy atom. The molecule has 0 amide bonds. The topological polar surface area (TPSA) is 38.8 Å². The van der Waals surface area contributed by atoms with Gasteiger partial charge in [-0.1, -0.05) is 0 Å². The van der Waals surface area contributed by atoms with Crippen molar-refractivity contribution in [3.8, 4) is 0 Å². The van der Waals surface area contributed by atoms with Crippen molar-refractivity contribution in [2.24, 2.45) is 0 Å². The number of hydrogen-bond donors (Lipinski definition) is 0. The minimum Gasteiger partial charge on any atom is -0.468 e. The first kappa shape index (κ1) is 14.6. The van der Waals surface area contributed by atoms with Crippen LogP contribution in [0.15, 0.2) is 0 Å². The lowest BCUT2D eigenvalue weighted by atomic mass is 10.0. The van der Waals surface area contributed by atoms with E-state index < -0.39 is 5.54 Å². The number of carbonyl (C=O) groups excluding carboxylic acids is 1. The van der Waals surface area contributed by atoms with Crippen LogP contribution in [0.1, 0.15) is 27.7 Å². The van der Waals surface area contributed by atoms with Gasteiger partial charge in [0.1, 0.15) is 5.54 Å². The Morgan fingerprint density at radius 2 is 1.80 bits per heavy atom. The van der Waals surface area contributed by atoms with Crippen molar-refractivity contribution in [1.29, 1.82) is 0 Å². The Balaban J connectivity index is 4.61. The van der Waals surface area contributed by atoms with Crippen LogP contribution in [0.4, 0.5) is 0 Å². The summed E-state index contributed by atoms with van der Waals surface area (Å²) in [6.07, 6.45) is 0. The molecule has 0 aliphatic carbocycles. The summed E-state index contributed by atoms with van der Waals surface area (Å²) in [5, 5.41) is 0. The van der Waals surface area contributed by atoms with Crippen molar-refractivity contribution < 1.29 is 14.3 Å². The highest BCUT2D eigenvalue weighted by Crippen LogP contribution is 2.17. The van der Waals surface area contributed by atoms with Gasteiger partial charge in [-0.15, -0.1) is 0 Å². The summed E-state index contributed by atoms with van der Waals surface area (Å²) < 4.78 is 12.4. The van der Waals surface area contributed by atoms with E-state index in [-0.39, 0.29) is 11.6 Å². The first-order valence-corrected chi connectivity index (χ1v) is 5.93. The monoisotopic (exact) mass is 233 g/mol. The van der Waals surface area contributed by atoms with Crippen LogP contribution in [0.3, 0.4) is 0 Å². The van der Waals surface area contributed by atoms with E-state index >= 15 is 0 Å². The SMILES string of the molecule is COC(=O)[C@](C)(COC(C)(C)C)N(C)[SiH3]. The molecule has 0 saturated carbocycles. The second-order valence-electron chi connectivity index (χ2n) is 5.06. The van der Waals surface area contributed by atoms with Crippen LogP contribution >= 0.6 is 0 Å². The molecule has 0 aromatic carbocycles. The standard InChI is InChI=1S/C10H23NO3Si/c1-9(2,3)14-7-10(4,11(5)15)8(12)13-6/h7H2,1-6,15H3/t10-/m0/s1. The molecule has 1 atom stereocenters. The van der Waals surface area contributed by atoms with E-state index in [4.69, 9.17) is 9.47 Å². The molecule has 0 heterocycles. The van der Waals surface area contributed by atoms with E-state index in [1.165, 1.54) is 7.11 Å². The number of carbonyl (C=O) groups is 1. The number of nitrogens with zero attached hydrogens (tertiary/aromatic N) is 1. The van der Waals surface area contributed by atoms with E-state index in [9.17, 15) is 4.79 Å². The smallest absolute Gasteiger partial charge is 0.327 e. The molecule has 0 rings (SSSR count). The number of likely N-dealkylation sites (N-methyl/N-ethyl adjacent to an activating group) is 1. The van der Waals surface area contributed by atoms with Crippen molar-refractivity contribution in [2.45, 2.75) is 38.8 Å². The number of hydrogen-bond acceptors (Lipinski definition) is 4. The molecule has 0 saturated heterocycles. The number of rotatable bonds is 4. The average molecular weight is 233 g/mol. The van der Waals surface area contributed by atoms with E-state index in [0.29, 0.717) is 6.61 Å². The predicted octanol–water partition coefficient (Wildman–Crippen LogP) is -0.0546. The maximum atomic E-state index is 11.7. The molecular formula is C10H23NO3Si. The molecular weight excluding hydrogens is 210 g/mol. The van der Waals surface area contributed by atoms with Crippen molar-refractivity contribution in [1.82, 2.24) is 4.57 Å². The molecule has 15 heavy (non-hydrogen) atoms. The molecule has 0 fully saturated rings. The summed E-state index contributed by atoms with van der Waals surface area (Å²) in [5.41, 5.74) is -0.916. The third kappa shape index (κ3) is 4.32. The normalized spacial score (nSPS) is 16.5. The molecule has 0 bridgehead atoms. The van der Waals surface area contributed by atoms with E-state index in [1.54, 1.807) is 0 Å². The first-order chi connectivity index (χ1) is 6.63. The summed E-state index contributed by atoms with van der Waals surface area (Å²) >= 11 is 0. The lowest BCUT2D eigenvalue weighted by Gasteiger charge is -2.35. The highest BCUT2D eigenvalue weighted by molar-refractivity contribution is 6.07. The molecule has 0 radical (unpaired) electrons. The fourth-order valence-electron chi connectivity index (χ4n) is 0.948. The number of methoxy groups -OCH3 is 1.